The first-order valence-electron chi connectivity index (χ1n) is 6.16. The predicted octanol–water partition coefficient (Wildman–Crippen LogP) is 3.57. The molecule has 0 saturated heterocycles. The molecule has 0 saturated carbocycles. The van der Waals surface area contributed by atoms with Crippen LogP contribution in [0.4, 0.5) is 5.69 Å². The number of thioether (sulfide) groups is 1. The van der Waals surface area contributed by atoms with Crippen molar-refractivity contribution in [3.8, 4) is 0 Å². The van der Waals surface area contributed by atoms with Gasteiger partial charge in [-0.15, -0.1) is 11.8 Å². The zero-order valence-corrected chi connectivity index (χ0v) is 11.9. The summed E-state index contributed by atoms with van der Waals surface area (Å²) in [4.78, 5) is 12.5. The van der Waals surface area contributed by atoms with E-state index < -0.39 is 6.04 Å². The highest BCUT2D eigenvalue weighted by molar-refractivity contribution is 7.99. The molecule has 0 aromatic heterocycles. The van der Waals surface area contributed by atoms with Gasteiger partial charge in [0, 0.05) is 16.1 Å². The number of hydrogen-bond acceptors (Lipinski definition) is 3. The van der Waals surface area contributed by atoms with Gasteiger partial charge in [-0.3, -0.25) is 4.79 Å². The molecule has 0 aliphatic carbocycles. The van der Waals surface area contributed by atoms with Gasteiger partial charge in [0.2, 0.25) is 5.91 Å². The molecule has 1 aromatic carbocycles. The van der Waals surface area contributed by atoms with E-state index in [0.717, 1.165) is 21.9 Å². The van der Waals surface area contributed by atoms with Crippen LogP contribution in [0.1, 0.15) is 37.8 Å². The Morgan fingerprint density at radius 1 is 1.44 bits per heavy atom. The average molecular weight is 285 g/mol. The van der Waals surface area contributed by atoms with Crippen LogP contribution in [-0.2, 0) is 4.79 Å². The first kappa shape index (κ1) is 13.7. The minimum atomic E-state index is -0.586. The van der Waals surface area contributed by atoms with E-state index in [1.165, 1.54) is 19.3 Å². The van der Waals surface area contributed by atoms with Gasteiger partial charge >= 0.3 is 0 Å². The van der Waals surface area contributed by atoms with Crippen LogP contribution in [0.5, 0.6) is 0 Å². The topological polar surface area (TPSA) is 55.1 Å². The van der Waals surface area contributed by atoms with Crippen LogP contribution in [0.2, 0.25) is 5.02 Å². The summed E-state index contributed by atoms with van der Waals surface area (Å²) in [5.74, 6) is 0.890. The molecule has 1 atom stereocenters. The quantitative estimate of drug-likeness (QED) is 0.642. The van der Waals surface area contributed by atoms with E-state index in [1.54, 1.807) is 11.8 Å². The number of unbranched alkanes of at least 4 members (excludes halogenated alkanes) is 2. The third-order valence-corrected chi connectivity index (χ3v) is 4.55. The molecule has 98 valence electrons. The lowest BCUT2D eigenvalue weighted by molar-refractivity contribution is -0.116. The molecule has 2 rings (SSSR count). The van der Waals surface area contributed by atoms with E-state index in [-0.39, 0.29) is 5.91 Å². The maximum atomic E-state index is 11.5. The Kier molecular flexibility index (Phi) is 4.54. The zero-order valence-electron chi connectivity index (χ0n) is 10.3. The van der Waals surface area contributed by atoms with Gasteiger partial charge in [-0.2, -0.15) is 0 Å². The number of carbonyl (C=O) groups excluding carboxylic acids is 1. The van der Waals surface area contributed by atoms with Crippen LogP contribution in [0.3, 0.4) is 0 Å². The third-order valence-electron chi connectivity index (χ3n) is 2.98. The number of nitrogens with one attached hydrogen (secondary N) is 1. The largest absolute Gasteiger partial charge is 0.324 e. The number of hydrogen-bond donors (Lipinski definition) is 2. The van der Waals surface area contributed by atoms with E-state index in [9.17, 15) is 4.79 Å². The number of anilines is 1. The second-order valence-electron chi connectivity index (χ2n) is 4.39. The molecule has 1 aliphatic heterocycles. The average Bonchev–Trinajstić information content (AvgIpc) is 2.61. The fraction of sp³-hybridized carbons (Fsp3) is 0.462. The van der Waals surface area contributed by atoms with Crippen LogP contribution in [-0.4, -0.2) is 11.7 Å². The van der Waals surface area contributed by atoms with Crippen molar-refractivity contribution in [1.29, 1.82) is 0 Å². The Balaban J connectivity index is 2.10. The molecule has 0 fully saturated rings. The van der Waals surface area contributed by atoms with Crippen molar-refractivity contribution in [2.45, 2.75) is 37.1 Å². The summed E-state index contributed by atoms with van der Waals surface area (Å²) in [6.45, 7) is 2.18. The van der Waals surface area contributed by atoms with Gasteiger partial charge in [-0.1, -0.05) is 31.4 Å². The van der Waals surface area contributed by atoms with E-state index in [0.29, 0.717) is 5.02 Å². The SMILES string of the molecule is CCCCCSc1cc2c(cc1Cl)C(N)C(=O)N2. The molecule has 1 heterocycles. The first-order chi connectivity index (χ1) is 8.63. The molecule has 1 aliphatic rings. The fourth-order valence-corrected chi connectivity index (χ4v) is 3.23. The number of fused-ring (bicyclic) bond motifs is 1. The van der Waals surface area contributed by atoms with Crippen molar-refractivity contribution < 1.29 is 4.79 Å². The normalized spacial score (nSPS) is 17.7. The first-order valence-corrected chi connectivity index (χ1v) is 7.52. The van der Waals surface area contributed by atoms with E-state index in [4.69, 9.17) is 17.3 Å². The molecule has 0 bridgehead atoms. The molecule has 0 spiro atoms. The lowest BCUT2D eigenvalue weighted by Crippen LogP contribution is -2.19. The van der Waals surface area contributed by atoms with E-state index in [2.05, 4.69) is 12.2 Å². The standard InChI is InChI=1S/C13H17ClN2OS/c1-2-3-4-5-18-11-7-10-8(6-9(11)14)12(15)13(17)16-10/h6-7,12H,2-5,15H2,1H3,(H,16,17). The molecular formula is C13H17ClN2OS. The van der Waals surface area contributed by atoms with Crippen LogP contribution >= 0.6 is 23.4 Å². The monoisotopic (exact) mass is 284 g/mol. The van der Waals surface area contributed by atoms with Crippen LogP contribution in [0.25, 0.3) is 0 Å². The summed E-state index contributed by atoms with van der Waals surface area (Å²) in [5, 5.41) is 3.46. The van der Waals surface area contributed by atoms with Crippen molar-refractivity contribution in [3.63, 3.8) is 0 Å². The summed E-state index contributed by atoms with van der Waals surface area (Å²) >= 11 is 7.95. The highest BCUT2D eigenvalue weighted by Crippen LogP contribution is 2.38. The van der Waals surface area contributed by atoms with Crippen molar-refractivity contribution in [3.05, 3.63) is 22.7 Å². The summed E-state index contributed by atoms with van der Waals surface area (Å²) in [7, 11) is 0. The number of benzene rings is 1. The highest BCUT2D eigenvalue weighted by atomic mass is 35.5. The Hall–Kier alpha value is -0.710. The van der Waals surface area contributed by atoms with Crippen molar-refractivity contribution in [2.24, 2.45) is 5.73 Å². The predicted molar refractivity (Wildman–Crippen MR) is 77.3 cm³/mol. The second kappa shape index (κ2) is 5.95. The summed E-state index contributed by atoms with van der Waals surface area (Å²) < 4.78 is 0. The summed E-state index contributed by atoms with van der Waals surface area (Å²) in [6, 6.07) is 3.15. The Morgan fingerprint density at radius 3 is 2.94 bits per heavy atom. The lowest BCUT2D eigenvalue weighted by Gasteiger charge is -2.08. The van der Waals surface area contributed by atoms with Crippen molar-refractivity contribution >= 4 is 35.0 Å². The van der Waals surface area contributed by atoms with Gasteiger partial charge in [0.25, 0.3) is 0 Å². The van der Waals surface area contributed by atoms with Crippen LogP contribution in [0, 0.1) is 0 Å². The second-order valence-corrected chi connectivity index (χ2v) is 5.94. The van der Waals surface area contributed by atoms with E-state index in [1.807, 2.05) is 12.1 Å². The zero-order chi connectivity index (χ0) is 13.1. The molecule has 3 N–H and O–H groups in total. The molecule has 5 heteroatoms. The minimum absolute atomic E-state index is 0.158. The number of halogens is 1. The maximum Gasteiger partial charge on any atom is 0.245 e. The number of carbonyl (C=O) groups is 1. The smallest absolute Gasteiger partial charge is 0.245 e. The van der Waals surface area contributed by atoms with Gasteiger partial charge in [0.15, 0.2) is 0 Å². The van der Waals surface area contributed by atoms with Crippen LogP contribution in [0.15, 0.2) is 17.0 Å². The number of nitrogens with two attached hydrogens (primary N) is 1. The van der Waals surface area contributed by atoms with Gasteiger partial charge in [-0.25, -0.2) is 0 Å². The maximum absolute atomic E-state index is 11.5. The van der Waals surface area contributed by atoms with Gasteiger partial charge < -0.3 is 11.1 Å². The molecule has 1 aromatic rings. The molecule has 3 nitrogen and oxygen atoms in total. The van der Waals surface area contributed by atoms with Gasteiger partial charge in [0.1, 0.15) is 6.04 Å². The molecule has 1 unspecified atom stereocenters. The third kappa shape index (κ3) is 2.82. The van der Waals surface area contributed by atoms with Crippen molar-refractivity contribution in [2.75, 3.05) is 11.1 Å². The Morgan fingerprint density at radius 2 is 2.22 bits per heavy atom. The van der Waals surface area contributed by atoms with Gasteiger partial charge in [0.05, 0.1) is 5.02 Å². The summed E-state index contributed by atoms with van der Waals surface area (Å²) in [5.41, 5.74) is 7.37. The Bertz CT molecular complexity index is 465. The minimum Gasteiger partial charge on any atom is -0.324 e. The molecular weight excluding hydrogens is 268 g/mol. The molecule has 18 heavy (non-hydrogen) atoms. The van der Waals surface area contributed by atoms with Crippen LogP contribution < -0.4 is 11.1 Å². The number of amides is 1. The molecule has 1 amide bonds. The lowest BCUT2D eigenvalue weighted by atomic mass is 10.1. The Labute approximate surface area is 116 Å². The number of rotatable bonds is 5. The van der Waals surface area contributed by atoms with Crippen molar-refractivity contribution in [1.82, 2.24) is 0 Å². The van der Waals surface area contributed by atoms with Gasteiger partial charge in [-0.05, 0) is 24.3 Å². The molecule has 0 radical (unpaired) electrons. The highest BCUT2D eigenvalue weighted by Gasteiger charge is 2.28. The summed E-state index contributed by atoms with van der Waals surface area (Å²) in [6.07, 6.45) is 3.63. The van der Waals surface area contributed by atoms with E-state index >= 15 is 0 Å². The fourth-order valence-electron chi connectivity index (χ4n) is 1.93.